The number of thioether (sulfide) groups is 1. The van der Waals surface area contributed by atoms with Gasteiger partial charge >= 0.3 is 0 Å². The summed E-state index contributed by atoms with van der Waals surface area (Å²) in [6.45, 7) is 3.84. The lowest BCUT2D eigenvalue weighted by atomic mass is 10.1. The molecule has 3 aliphatic rings. The lowest BCUT2D eigenvalue weighted by Crippen LogP contribution is -2.35. The number of fused-ring (bicyclic) bond motifs is 1. The normalized spacial score (nSPS) is 25.1. The Kier molecular flexibility index (Phi) is 5.42. The van der Waals surface area contributed by atoms with E-state index in [0.717, 1.165) is 41.6 Å². The van der Waals surface area contributed by atoms with Crippen molar-refractivity contribution < 1.29 is 14.3 Å². The van der Waals surface area contributed by atoms with Crippen molar-refractivity contribution >= 4 is 67.3 Å². The van der Waals surface area contributed by atoms with Gasteiger partial charge in [0.1, 0.15) is 4.32 Å². The maximum absolute atomic E-state index is 13.2. The van der Waals surface area contributed by atoms with Gasteiger partial charge in [-0.1, -0.05) is 46.8 Å². The molecule has 1 unspecified atom stereocenters. The molecule has 0 aromatic heterocycles. The molecule has 1 aromatic carbocycles. The smallest absolute Gasteiger partial charge is 0.267 e. The van der Waals surface area contributed by atoms with Crippen molar-refractivity contribution in [3.8, 4) is 0 Å². The van der Waals surface area contributed by atoms with Gasteiger partial charge in [0.2, 0.25) is 0 Å². The Bertz CT molecular complexity index is 865. The van der Waals surface area contributed by atoms with Crippen LogP contribution in [-0.4, -0.2) is 46.8 Å². The topological polar surface area (TPSA) is 49.9 Å². The van der Waals surface area contributed by atoms with E-state index in [0.29, 0.717) is 27.9 Å². The highest BCUT2D eigenvalue weighted by molar-refractivity contribution is 9.10. The number of halogens is 1. The van der Waals surface area contributed by atoms with Crippen molar-refractivity contribution in [1.29, 1.82) is 0 Å². The molecule has 8 heteroatoms. The van der Waals surface area contributed by atoms with Crippen molar-refractivity contribution in [3.63, 3.8) is 0 Å². The highest BCUT2D eigenvalue weighted by Crippen LogP contribution is 2.45. The van der Waals surface area contributed by atoms with Gasteiger partial charge in [0, 0.05) is 23.2 Å². The first-order valence-corrected chi connectivity index (χ1v) is 11.0. The first-order chi connectivity index (χ1) is 13.0. The van der Waals surface area contributed by atoms with Crippen LogP contribution >= 0.6 is 39.9 Å². The van der Waals surface area contributed by atoms with E-state index in [9.17, 15) is 9.59 Å². The third-order valence-corrected chi connectivity index (χ3v) is 6.85. The van der Waals surface area contributed by atoms with Gasteiger partial charge in [-0.25, -0.2) is 0 Å². The van der Waals surface area contributed by atoms with Crippen LogP contribution in [0.1, 0.15) is 31.7 Å². The molecule has 0 N–H and O–H groups in total. The van der Waals surface area contributed by atoms with Gasteiger partial charge in [-0.05, 0) is 37.5 Å². The Morgan fingerprint density at radius 2 is 2.11 bits per heavy atom. The van der Waals surface area contributed by atoms with Crippen LogP contribution in [0, 0.1) is 0 Å². The summed E-state index contributed by atoms with van der Waals surface area (Å²) in [5, 5.41) is 0. The van der Waals surface area contributed by atoms with Crippen molar-refractivity contribution in [2.75, 3.05) is 24.6 Å². The molecule has 0 saturated carbocycles. The molecule has 2 fully saturated rings. The molecule has 5 nitrogen and oxygen atoms in total. The van der Waals surface area contributed by atoms with Crippen LogP contribution in [0.25, 0.3) is 5.57 Å². The minimum atomic E-state index is -0.187. The van der Waals surface area contributed by atoms with E-state index in [4.69, 9.17) is 17.0 Å². The molecular formula is C19H19BrN2O3S2. The minimum Gasteiger partial charge on any atom is -0.376 e. The average molecular weight is 467 g/mol. The summed E-state index contributed by atoms with van der Waals surface area (Å²) in [5.74, 6) is -0.310. The minimum absolute atomic E-state index is 0.0224. The molecule has 1 atom stereocenters. The van der Waals surface area contributed by atoms with Gasteiger partial charge in [0.25, 0.3) is 11.8 Å². The number of benzene rings is 1. The molecule has 0 aliphatic carbocycles. The van der Waals surface area contributed by atoms with Crippen molar-refractivity contribution in [3.05, 3.63) is 33.1 Å². The number of nitrogens with zero attached hydrogens (tertiary/aromatic N) is 2. The molecule has 2 amide bonds. The third-order valence-electron chi connectivity index (χ3n) is 4.91. The summed E-state index contributed by atoms with van der Waals surface area (Å²) >= 11 is 10.2. The Hall–Kier alpha value is -1.22. The van der Waals surface area contributed by atoms with Crippen LogP contribution in [0.2, 0.25) is 0 Å². The van der Waals surface area contributed by atoms with Gasteiger partial charge in [0.05, 0.1) is 28.8 Å². The van der Waals surface area contributed by atoms with E-state index < -0.39 is 0 Å². The van der Waals surface area contributed by atoms with Gasteiger partial charge in [0.15, 0.2) is 0 Å². The number of carbonyl (C=O) groups is 2. The second kappa shape index (κ2) is 7.66. The van der Waals surface area contributed by atoms with Gasteiger partial charge in [-0.15, -0.1) is 0 Å². The second-order valence-corrected chi connectivity index (χ2v) is 9.30. The van der Waals surface area contributed by atoms with Crippen LogP contribution < -0.4 is 4.90 Å². The number of rotatable bonds is 4. The summed E-state index contributed by atoms with van der Waals surface area (Å²) in [6.07, 6.45) is 2.80. The quantitative estimate of drug-likeness (QED) is 0.496. The molecule has 0 bridgehead atoms. The number of amides is 2. The molecule has 3 heterocycles. The highest BCUT2D eigenvalue weighted by Gasteiger charge is 2.42. The van der Waals surface area contributed by atoms with E-state index >= 15 is 0 Å². The fourth-order valence-corrected chi connectivity index (χ4v) is 5.38. The maximum atomic E-state index is 13.2. The third kappa shape index (κ3) is 3.37. The second-order valence-electron chi connectivity index (χ2n) is 6.74. The largest absolute Gasteiger partial charge is 0.376 e. The zero-order valence-electron chi connectivity index (χ0n) is 14.9. The lowest BCUT2D eigenvalue weighted by Gasteiger charge is -2.18. The maximum Gasteiger partial charge on any atom is 0.267 e. The lowest BCUT2D eigenvalue weighted by molar-refractivity contribution is -0.123. The van der Waals surface area contributed by atoms with Crippen LogP contribution in [0.5, 0.6) is 0 Å². The van der Waals surface area contributed by atoms with E-state index in [1.165, 1.54) is 11.8 Å². The van der Waals surface area contributed by atoms with Crippen LogP contribution in [0.4, 0.5) is 5.69 Å². The first kappa shape index (κ1) is 19.1. The van der Waals surface area contributed by atoms with E-state index in [2.05, 4.69) is 15.9 Å². The molecule has 0 radical (unpaired) electrons. The molecular weight excluding hydrogens is 448 g/mol. The molecule has 2 saturated heterocycles. The number of ether oxygens (including phenoxy) is 1. The zero-order valence-corrected chi connectivity index (χ0v) is 18.1. The van der Waals surface area contributed by atoms with Gasteiger partial charge < -0.3 is 9.64 Å². The van der Waals surface area contributed by atoms with Crippen molar-refractivity contribution in [1.82, 2.24) is 4.90 Å². The van der Waals surface area contributed by atoms with Gasteiger partial charge in [-0.2, -0.15) is 0 Å². The monoisotopic (exact) mass is 466 g/mol. The molecule has 142 valence electrons. The number of hydrogen-bond acceptors (Lipinski definition) is 5. The SMILES string of the molecule is CCCN1C(=O)/C(=C2/SC(=S)N(CC3CCCO3)C2=O)c2cc(Br)ccc21. The van der Waals surface area contributed by atoms with E-state index in [1.807, 2.05) is 25.1 Å². The zero-order chi connectivity index (χ0) is 19.1. The summed E-state index contributed by atoms with van der Waals surface area (Å²) < 4.78 is 7.03. The van der Waals surface area contributed by atoms with E-state index in [1.54, 1.807) is 9.80 Å². The average Bonchev–Trinajstić information content (AvgIpc) is 3.31. The summed E-state index contributed by atoms with van der Waals surface area (Å²) in [4.78, 5) is 30.0. The van der Waals surface area contributed by atoms with Crippen LogP contribution in [0.3, 0.4) is 0 Å². The summed E-state index contributed by atoms with van der Waals surface area (Å²) in [6, 6.07) is 5.75. The summed E-state index contributed by atoms with van der Waals surface area (Å²) in [7, 11) is 0. The predicted molar refractivity (Wildman–Crippen MR) is 115 cm³/mol. The number of carbonyl (C=O) groups excluding carboxylic acids is 2. The van der Waals surface area contributed by atoms with Crippen molar-refractivity contribution in [2.45, 2.75) is 32.3 Å². The first-order valence-electron chi connectivity index (χ1n) is 9.02. The standard InChI is InChI=1S/C19H19BrN2O3S2/c1-2-7-21-14-6-5-11(20)9-13(14)15(17(21)23)16-18(24)22(19(26)27-16)10-12-4-3-8-25-12/h5-6,9,12H,2-4,7-8,10H2,1H3/b16-15+. The fraction of sp³-hybridized carbons (Fsp3) is 0.421. The molecule has 0 spiro atoms. The van der Waals surface area contributed by atoms with Crippen molar-refractivity contribution in [2.24, 2.45) is 0 Å². The Morgan fingerprint density at radius 3 is 2.81 bits per heavy atom. The highest BCUT2D eigenvalue weighted by atomic mass is 79.9. The van der Waals surface area contributed by atoms with Crippen LogP contribution in [-0.2, 0) is 14.3 Å². The summed E-state index contributed by atoms with van der Waals surface area (Å²) in [5.41, 5.74) is 2.11. The Morgan fingerprint density at radius 1 is 1.30 bits per heavy atom. The Labute approximate surface area is 176 Å². The molecule has 3 aliphatic heterocycles. The van der Waals surface area contributed by atoms with Crippen LogP contribution in [0.15, 0.2) is 27.6 Å². The molecule has 1 aromatic rings. The fourth-order valence-electron chi connectivity index (χ4n) is 3.67. The number of hydrogen-bond donors (Lipinski definition) is 0. The Balaban J connectivity index is 1.73. The van der Waals surface area contributed by atoms with Gasteiger partial charge in [-0.3, -0.25) is 14.5 Å². The predicted octanol–water partition coefficient (Wildman–Crippen LogP) is 3.96. The molecule has 4 rings (SSSR count). The van der Waals surface area contributed by atoms with E-state index in [-0.39, 0.29) is 17.9 Å². The molecule has 27 heavy (non-hydrogen) atoms. The number of thiocarbonyl (C=S) groups is 1. The number of anilines is 1.